The first kappa shape index (κ1) is 23.5. The van der Waals surface area contributed by atoms with Crippen LogP contribution in [0.4, 0.5) is 10.5 Å². The summed E-state index contributed by atoms with van der Waals surface area (Å²) in [5, 5.41) is 5.42. The zero-order valence-electron chi connectivity index (χ0n) is 16.7. The van der Waals surface area contributed by atoms with Crippen molar-refractivity contribution in [3.05, 3.63) is 18.2 Å². The van der Waals surface area contributed by atoms with Gasteiger partial charge in [0.15, 0.2) is 0 Å². The lowest BCUT2D eigenvalue weighted by molar-refractivity contribution is -0.121. The van der Waals surface area contributed by atoms with E-state index in [4.69, 9.17) is 9.47 Å². The van der Waals surface area contributed by atoms with E-state index >= 15 is 0 Å². The topological polar surface area (TPSA) is 93.7 Å². The van der Waals surface area contributed by atoms with Crippen LogP contribution in [0, 0.1) is 0 Å². The first-order chi connectivity index (χ1) is 13.7. The summed E-state index contributed by atoms with van der Waals surface area (Å²) < 4.78 is 9.48. The largest absolute Gasteiger partial charge is 0.429 e. The van der Waals surface area contributed by atoms with Crippen LogP contribution in [0.1, 0.15) is 71.1 Å². The Balaban J connectivity index is 2.19. The normalized spacial score (nSPS) is 10.2. The van der Waals surface area contributed by atoms with Gasteiger partial charge in [0.2, 0.25) is 0 Å². The summed E-state index contributed by atoms with van der Waals surface area (Å²) in [6.07, 6.45) is 12.4. The van der Waals surface area contributed by atoms with Gasteiger partial charge in [-0.05, 0) is 6.42 Å². The molecular weight excluding hydrogens is 360 g/mol. The van der Waals surface area contributed by atoms with Crippen molar-refractivity contribution in [2.75, 3.05) is 11.9 Å². The summed E-state index contributed by atoms with van der Waals surface area (Å²) in [6.45, 7) is 3.34. The number of benzene rings is 1. The molecule has 0 atom stereocenters. The molecule has 2 amide bonds. The molecule has 2 N–H and O–H groups in total. The van der Waals surface area contributed by atoms with Crippen molar-refractivity contribution in [1.82, 2.24) is 5.32 Å². The van der Waals surface area contributed by atoms with Crippen LogP contribution in [-0.4, -0.2) is 25.5 Å². The number of carbonyl (C=O) groups is 3. The van der Waals surface area contributed by atoms with Gasteiger partial charge in [-0.3, -0.25) is 9.59 Å². The van der Waals surface area contributed by atoms with Crippen LogP contribution in [0.15, 0.2) is 18.2 Å². The second-order valence-electron chi connectivity index (χ2n) is 6.68. The van der Waals surface area contributed by atoms with E-state index in [2.05, 4.69) is 17.6 Å². The minimum absolute atomic E-state index is 0.166. The maximum atomic E-state index is 12.0. The third kappa shape index (κ3) is 11.2. The number of nitrogens with one attached hydrogen (secondary N) is 2. The van der Waals surface area contributed by atoms with Gasteiger partial charge in [-0.2, -0.15) is 0 Å². The minimum Gasteiger partial charge on any atom is -0.429 e. The molecule has 0 saturated carbocycles. The van der Waals surface area contributed by atoms with Crippen LogP contribution < -0.4 is 20.1 Å². The van der Waals surface area contributed by atoms with Gasteiger partial charge in [-0.25, -0.2) is 4.79 Å². The summed E-state index contributed by atoms with van der Waals surface area (Å²) in [4.78, 5) is 32.9. The van der Waals surface area contributed by atoms with Gasteiger partial charge in [0.25, 0.3) is 12.9 Å². The van der Waals surface area contributed by atoms with Gasteiger partial charge in [0.05, 0.1) is 0 Å². The lowest BCUT2D eigenvalue weighted by Gasteiger charge is -2.10. The highest BCUT2D eigenvalue weighted by Crippen LogP contribution is 2.25. The molecule has 0 unspecified atom stereocenters. The minimum atomic E-state index is -0.365. The maximum Gasteiger partial charge on any atom is 0.319 e. The SMILES string of the molecule is CCCCCCCCCCCCNC(=O)Nc1cc(OC=O)cc(OC=O)c1. The van der Waals surface area contributed by atoms with Crippen LogP contribution >= 0.6 is 0 Å². The van der Waals surface area contributed by atoms with Crippen LogP contribution in [0.2, 0.25) is 0 Å². The van der Waals surface area contributed by atoms with E-state index in [1.165, 1.54) is 69.6 Å². The summed E-state index contributed by atoms with van der Waals surface area (Å²) in [6, 6.07) is 3.94. The van der Waals surface area contributed by atoms with Crippen LogP contribution in [0.25, 0.3) is 0 Å². The number of anilines is 1. The summed E-state index contributed by atoms with van der Waals surface area (Å²) in [7, 11) is 0. The number of amides is 2. The zero-order valence-corrected chi connectivity index (χ0v) is 16.7. The molecule has 0 heterocycles. The molecular formula is C21H32N2O5. The maximum absolute atomic E-state index is 12.0. The van der Waals surface area contributed by atoms with E-state index < -0.39 is 0 Å². The molecule has 0 aliphatic carbocycles. The highest BCUT2D eigenvalue weighted by Gasteiger charge is 2.07. The van der Waals surface area contributed by atoms with E-state index in [1.807, 2.05) is 0 Å². The van der Waals surface area contributed by atoms with Crippen molar-refractivity contribution in [3.63, 3.8) is 0 Å². The molecule has 0 saturated heterocycles. The molecule has 7 nitrogen and oxygen atoms in total. The number of carbonyl (C=O) groups excluding carboxylic acids is 3. The standard InChI is InChI=1S/C21H32N2O5/c1-2-3-4-5-6-7-8-9-10-11-12-22-21(26)23-18-13-19(27-16-24)15-20(14-18)28-17-25/h13-17H,2-12H2,1H3,(H2,22,23,26). The predicted octanol–water partition coefficient (Wildman–Crippen LogP) is 4.80. The van der Waals surface area contributed by atoms with E-state index in [-0.39, 0.29) is 30.5 Å². The third-order valence-electron chi connectivity index (χ3n) is 4.32. The number of hydrogen-bond donors (Lipinski definition) is 2. The van der Waals surface area contributed by atoms with Gasteiger partial charge in [0, 0.05) is 30.4 Å². The number of ether oxygens (including phenoxy) is 2. The fraction of sp³-hybridized carbons (Fsp3) is 0.571. The van der Waals surface area contributed by atoms with Crippen molar-refractivity contribution in [3.8, 4) is 11.5 Å². The second-order valence-corrected chi connectivity index (χ2v) is 6.68. The van der Waals surface area contributed by atoms with Gasteiger partial charge in [-0.15, -0.1) is 0 Å². The lowest BCUT2D eigenvalue weighted by Crippen LogP contribution is -2.29. The fourth-order valence-corrected chi connectivity index (χ4v) is 2.88. The molecule has 1 aromatic carbocycles. The molecule has 0 aliphatic heterocycles. The molecule has 0 aliphatic rings. The van der Waals surface area contributed by atoms with Gasteiger partial charge < -0.3 is 20.1 Å². The Hall–Kier alpha value is -2.57. The molecule has 0 aromatic heterocycles. The number of hydrogen-bond acceptors (Lipinski definition) is 5. The van der Waals surface area contributed by atoms with E-state index in [0.29, 0.717) is 12.2 Å². The Morgan fingerprint density at radius 1 is 0.821 bits per heavy atom. The first-order valence-corrected chi connectivity index (χ1v) is 10.1. The average Bonchev–Trinajstić information content (AvgIpc) is 2.66. The van der Waals surface area contributed by atoms with E-state index in [1.54, 1.807) is 0 Å². The molecule has 0 bridgehead atoms. The lowest BCUT2D eigenvalue weighted by atomic mass is 10.1. The Kier molecular flexibility index (Phi) is 13.0. The molecule has 28 heavy (non-hydrogen) atoms. The van der Waals surface area contributed by atoms with Gasteiger partial charge >= 0.3 is 6.03 Å². The third-order valence-corrected chi connectivity index (χ3v) is 4.32. The Morgan fingerprint density at radius 3 is 1.82 bits per heavy atom. The average molecular weight is 392 g/mol. The molecule has 0 fully saturated rings. The highest BCUT2D eigenvalue weighted by molar-refractivity contribution is 5.89. The second kappa shape index (κ2) is 15.5. The number of unbranched alkanes of at least 4 members (excludes halogenated alkanes) is 9. The summed E-state index contributed by atoms with van der Waals surface area (Å²) in [5.74, 6) is 0.332. The molecule has 1 aromatic rings. The molecule has 0 spiro atoms. The van der Waals surface area contributed by atoms with Crippen LogP contribution in [0.3, 0.4) is 0 Å². The highest BCUT2D eigenvalue weighted by atomic mass is 16.5. The van der Waals surface area contributed by atoms with Crippen molar-refractivity contribution in [2.24, 2.45) is 0 Å². The Bertz CT molecular complexity index is 564. The number of rotatable bonds is 16. The zero-order chi connectivity index (χ0) is 20.5. The Morgan fingerprint density at radius 2 is 1.32 bits per heavy atom. The summed E-state index contributed by atoms with van der Waals surface area (Å²) >= 11 is 0. The smallest absolute Gasteiger partial charge is 0.319 e. The van der Waals surface area contributed by atoms with Crippen molar-refractivity contribution < 1.29 is 23.9 Å². The van der Waals surface area contributed by atoms with Crippen LogP contribution in [-0.2, 0) is 9.59 Å². The fourth-order valence-electron chi connectivity index (χ4n) is 2.88. The predicted molar refractivity (Wildman–Crippen MR) is 109 cm³/mol. The molecule has 7 heteroatoms. The molecule has 1 rings (SSSR count). The monoisotopic (exact) mass is 392 g/mol. The molecule has 156 valence electrons. The summed E-state index contributed by atoms with van der Waals surface area (Å²) in [5.41, 5.74) is 0.358. The quantitative estimate of drug-likeness (QED) is 0.311. The van der Waals surface area contributed by atoms with E-state index in [0.717, 1.165) is 12.8 Å². The van der Waals surface area contributed by atoms with Crippen molar-refractivity contribution in [1.29, 1.82) is 0 Å². The van der Waals surface area contributed by atoms with Crippen molar-refractivity contribution in [2.45, 2.75) is 71.1 Å². The molecule has 0 radical (unpaired) electrons. The van der Waals surface area contributed by atoms with Crippen LogP contribution in [0.5, 0.6) is 11.5 Å². The number of urea groups is 1. The van der Waals surface area contributed by atoms with E-state index in [9.17, 15) is 14.4 Å². The first-order valence-electron chi connectivity index (χ1n) is 10.1. The van der Waals surface area contributed by atoms with Crippen molar-refractivity contribution >= 4 is 24.7 Å². The van der Waals surface area contributed by atoms with Gasteiger partial charge in [-0.1, -0.05) is 64.7 Å². The Labute approximate surface area is 167 Å². The van der Waals surface area contributed by atoms with Gasteiger partial charge in [0.1, 0.15) is 11.5 Å².